The van der Waals surface area contributed by atoms with Gasteiger partial charge in [0.25, 0.3) is 0 Å². The van der Waals surface area contributed by atoms with Crippen molar-refractivity contribution in [2.75, 3.05) is 12.4 Å². The molecule has 0 atom stereocenters. The average Bonchev–Trinajstić information content (AvgIpc) is 2.37. The SMILES string of the molecule is CNS(=O)(=O)c1ccc(NC(=O)CCC(C)C)cc1. The van der Waals surface area contributed by atoms with Gasteiger partial charge in [0.05, 0.1) is 4.90 Å². The summed E-state index contributed by atoms with van der Waals surface area (Å²) in [4.78, 5) is 11.8. The summed E-state index contributed by atoms with van der Waals surface area (Å²) in [7, 11) is -2.07. The van der Waals surface area contributed by atoms with E-state index in [1.807, 2.05) is 0 Å². The molecule has 1 rings (SSSR count). The first-order valence-electron chi connectivity index (χ1n) is 6.18. The van der Waals surface area contributed by atoms with E-state index in [2.05, 4.69) is 23.9 Å². The standard InChI is InChI=1S/C13H20N2O3S/c1-10(2)4-9-13(16)15-11-5-7-12(8-6-11)19(17,18)14-3/h5-8,10,14H,4,9H2,1-3H3,(H,15,16). The van der Waals surface area contributed by atoms with E-state index in [9.17, 15) is 13.2 Å². The Balaban J connectivity index is 2.65. The summed E-state index contributed by atoms with van der Waals surface area (Å²) in [6, 6.07) is 6.09. The lowest BCUT2D eigenvalue weighted by Gasteiger charge is -2.08. The number of hydrogen-bond donors (Lipinski definition) is 2. The number of amides is 1. The minimum Gasteiger partial charge on any atom is -0.326 e. The summed E-state index contributed by atoms with van der Waals surface area (Å²) < 4.78 is 25.3. The molecular weight excluding hydrogens is 264 g/mol. The highest BCUT2D eigenvalue weighted by molar-refractivity contribution is 7.89. The molecular formula is C13H20N2O3S. The second-order valence-electron chi connectivity index (χ2n) is 4.71. The molecule has 0 spiro atoms. The number of hydrogen-bond acceptors (Lipinski definition) is 3. The van der Waals surface area contributed by atoms with Crippen LogP contribution in [0.25, 0.3) is 0 Å². The molecule has 0 radical (unpaired) electrons. The molecule has 19 heavy (non-hydrogen) atoms. The van der Waals surface area contributed by atoms with Gasteiger partial charge in [-0.15, -0.1) is 0 Å². The molecule has 0 saturated heterocycles. The fourth-order valence-electron chi connectivity index (χ4n) is 1.48. The molecule has 1 amide bonds. The van der Waals surface area contributed by atoms with Crippen LogP contribution in [0.1, 0.15) is 26.7 Å². The second kappa shape index (κ2) is 6.68. The van der Waals surface area contributed by atoms with Crippen LogP contribution in [0.3, 0.4) is 0 Å². The summed E-state index contributed by atoms with van der Waals surface area (Å²) in [6.07, 6.45) is 1.30. The van der Waals surface area contributed by atoms with Gasteiger partial charge in [0, 0.05) is 12.1 Å². The number of anilines is 1. The number of carbonyl (C=O) groups excluding carboxylic acids is 1. The van der Waals surface area contributed by atoms with Crippen LogP contribution in [0.15, 0.2) is 29.2 Å². The van der Waals surface area contributed by atoms with Gasteiger partial charge in [-0.25, -0.2) is 13.1 Å². The first-order valence-corrected chi connectivity index (χ1v) is 7.67. The van der Waals surface area contributed by atoms with Crippen LogP contribution in [-0.4, -0.2) is 21.4 Å². The Morgan fingerprint density at radius 3 is 2.26 bits per heavy atom. The number of sulfonamides is 1. The molecule has 0 aliphatic heterocycles. The van der Waals surface area contributed by atoms with Gasteiger partial charge in [0.15, 0.2) is 0 Å². The zero-order valence-electron chi connectivity index (χ0n) is 11.4. The van der Waals surface area contributed by atoms with Crippen LogP contribution in [0.2, 0.25) is 0 Å². The maximum absolute atomic E-state index is 11.6. The van der Waals surface area contributed by atoms with Gasteiger partial charge in [-0.05, 0) is 43.7 Å². The molecule has 2 N–H and O–H groups in total. The van der Waals surface area contributed by atoms with E-state index in [4.69, 9.17) is 0 Å². The summed E-state index contributed by atoms with van der Waals surface area (Å²) in [6.45, 7) is 4.12. The van der Waals surface area contributed by atoms with Gasteiger partial charge in [0.2, 0.25) is 15.9 Å². The minimum atomic E-state index is -3.43. The highest BCUT2D eigenvalue weighted by Crippen LogP contribution is 2.14. The van der Waals surface area contributed by atoms with Crippen molar-refractivity contribution in [2.45, 2.75) is 31.6 Å². The van der Waals surface area contributed by atoms with Crippen LogP contribution in [0.4, 0.5) is 5.69 Å². The van der Waals surface area contributed by atoms with E-state index in [-0.39, 0.29) is 10.8 Å². The van der Waals surface area contributed by atoms with Crippen LogP contribution in [0, 0.1) is 5.92 Å². The molecule has 0 bridgehead atoms. The van der Waals surface area contributed by atoms with E-state index in [1.165, 1.54) is 19.2 Å². The Hall–Kier alpha value is -1.40. The summed E-state index contributed by atoms with van der Waals surface area (Å²) in [5.41, 5.74) is 0.601. The third-order valence-corrected chi connectivity index (χ3v) is 4.10. The third kappa shape index (κ3) is 5.00. The zero-order valence-corrected chi connectivity index (χ0v) is 12.3. The molecule has 0 aromatic heterocycles. The topological polar surface area (TPSA) is 75.3 Å². The second-order valence-corrected chi connectivity index (χ2v) is 6.60. The van der Waals surface area contributed by atoms with Crippen LogP contribution in [0.5, 0.6) is 0 Å². The molecule has 0 fully saturated rings. The maximum atomic E-state index is 11.6. The van der Waals surface area contributed by atoms with Crippen molar-refractivity contribution in [3.8, 4) is 0 Å². The number of benzene rings is 1. The lowest BCUT2D eigenvalue weighted by atomic mass is 10.1. The van der Waals surface area contributed by atoms with Crippen molar-refractivity contribution in [3.05, 3.63) is 24.3 Å². The van der Waals surface area contributed by atoms with Gasteiger partial charge in [0.1, 0.15) is 0 Å². The van der Waals surface area contributed by atoms with E-state index in [0.29, 0.717) is 18.0 Å². The highest BCUT2D eigenvalue weighted by Gasteiger charge is 2.11. The van der Waals surface area contributed by atoms with Crippen molar-refractivity contribution in [3.63, 3.8) is 0 Å². The number of rotatable bonds is 6. The molecule has 1 aromatic carbocycles. The minimum absolute atomic E-state index is 0.0575. The fraction of sp³-hybridized carbons (Fsp3) is 0.462. The molecule has 0 aliphatic rings. The quantitative estimate of drug-likeness (QED) is 0.838. The number of carbonyl (C=O) groups is 1. The summed E-state index contributed by atoms with van der Waals surface area (Å²) >= 11 is 0. The molecule has 106 valence electrons. The molecule has 0 saturated carbocycles. The normalized spacial score (nSPS) is 11.6. The monoisotopic (exact) mass is 284 g/mol. The Labute approximate surface area is 114 Å². The van der Waals surface area contributed by atoms with Crippen molar-refractivity contribution in [1.82, 2.24) is 4.72 Å². The average molecular weight is 284 g/mol. The van der Waals surface area contributed by atoms with Crippen molar-refractivity contribution < 1.29 is 13.2 Å². The lowest BCUT2D eigenvalue weighted by Crippen LogP contribution is -2.18. The smallest absolute Gasteiger partial charge is 0.240 e. The van der Waals surface area contributed by atoms with Gasteiger partial charge < -0.3 is 5.32 Å². The van der Waals surface area contributed by atoms with E-state index >= 15 is 0 Å². The Bertz CT molecular complexity index is 521. The zero-order chi connectivity index (χ0) is 14.5. The Morgan fingerprint density at radius 1 is 1.21 bits per heavy atom. The van der Waals surface area contributed by atoms with Gasteiger partial charge in [-0.3, -0.25) is 4.79 Å². The molecule has 0 aliphatic carbocycles. The lowest BCUT2D eigenvalue weighted by molar-refractivity contribution is -0.116. The van der Waals surface area contributed by atoms with E-state index in [1.54, 1.807) is 12.1 Å². The first kappa shape index (κ1) is 15.7. The predicted molar refractivity (Wildman–Crippen MR) is 75.4 cm³/mol. The molecule has 6 heteroatoms. The fourth-order valence-corrected chi connectivity index (χ4v) is 2.21. The van der Waals surface area contributed by atoms with Gasteiger partial charge >= 0.3 is 0 Å². The van der Waals surface area contributed by atoms with Crippen LogP contribution < -0.4 is 10.0 Å². The molecule has 0 unspecified atom stereocenters. The van der Waals surface area contributed by atoms with Crippen LogP contribution in [-0.2, 0) is 14.8 Å². The number of nitrogens with one attached hydrogen (secondary N) is 2. The molecule has 0 heterocycles. The molecule has 5 nitrogen and oxygen atoms in total. The maximum Gasteiger partial charge on any atom is 0.240 e. The predicted octanol–water partition coefficient (Wildman–Crippen LogP) is 1.97. The van der Waals surface area contributed by atoms with Crippen LogP contribution >= 0.6 is 0 Å². The van der Waals surface area contributed by atoms with Crippen molar-refractivity contribution >= 4 is 21.6 Å². The highest BCUT2D eigenvalue weighted by atomic mass is 32.2. The Morgan fingerprint density at radius 2 is 1.79 bits per heavy atom. The largest absolute Gasteiger partial charge is 0.326 e. The third-order valence-electron chi connectivity index (χ3n) is 2.67. The summed E-state index contributed by atoms with van der Waals surface area (Å²) in [5, 5.41) is 2.74. The van der Waals surface area contributed by atoms with Gasteiger partial charge in [-0.1, -0.05) is 13.8 Å². The Kier molecular flexibility index (Phi) is 5.50. The van der Waals surface area contributed by atoms with Crippen molar-refractivity contribution in [2.24, 2.45) is 5.92 Å². The first-order chi connectivity index (χ1) is 8.85. The van der Waals surface area contributed by atoms with Crippen molar-refractivity contribution in [1.29, 1.82) is 0 Å². The summed E-state index contributed by atoms with van der Waals surface area (Å²) in [5.74, 6) is 0.423. The molecule has 1 aromatic rings. The van der Waals surface area contributed by atoms with Gasteiger partial charge in [-0.2, -0.15) is 0 Å². The van der Waals surface area contributed by atoms with E-state index < -0.39 is 10.0 Å². The van der Waals surface area contributed by atoms with E-state index in [0.717, 1.165) is 6.42 Å².